The zero-order chi connectivity index (χ0) is 20.8. The second kappa shape index (κ2) is 9.36. The predicted molar refractivity (Wildman–Crippen MR) is 102 cm³/mol. The number of ether oxygens (including phenoxy) is 2. The number of hydrogen-bond acceptors (Lipinski definition) is 6. The van der Waals surface area contributed by atoms with E-state index in [2.05, 4.69) is 5.32 Å². The number of allylic oxidation sites excluding steroid dienone is 2. The highest BCUT2D eigenvalue weighted by Crippen LogP contribution is 2.34. The van der Waals surface area contributed by atoms with Gasteiger partial charge < -0.3 is 14.8 Å². The van der Waals surface area contributed by atoms with Gasteiger partial charge in [0.25, 0.3) is 5.91 Å². The van der Waals surface area contributed by atoms with Crippen molar-refractivity contribution in [2.45, 2.75) is 25.8 Å². The molecule has 0 bridgehead atoms. The maximum Gasteiger partial charge on any atom is 0.308 e. The van der Waals surface area contributed by atoms with E-state index >= 15 is 0 Å². The van der Waals surface area contributed by atoms with Gasteiger partial charge in [-0.15, -0.1) is 0 Å². The normalized spacial score (nSPS) is 20.4. The van der Waals surface area contributed by atoms with E-state index in [1.807, 2.05) is 30.4 Å². The molecule has 1 aromatic rings. The molecule has 1 N–H and O–H groups in total. The van der Waals surface area contributed by atoms with Crippen molar-refractivity contribution in [2.24, 2.45) is 11.8 Å². The molecule has 2 atom stereocenters. The molecule has 1 aromatic carbocycles. The number of esters is 1. The highest BCUT2D eigenvalue weighted by atomic mass is 16.5. The molecule has 0 saturated carbocycles. The molecule has 3 rings (SSSR count). The van der Waals surface area contributed by atoms with Crippen molar-refractivity contribution in [1.82, 2.24) is 10.2 Å². The molecule has 0 aromatic heterocycles. The summed E-state index contributed by atoms with van der Waals surface area (Å²) in [6.45, 7) is -0.203. The van der Waals surface area contributed by atoms with Gasteiger partial charge in [0.2, 0.25) is 11.8 Å². The molecule has 0 radical (unpaired) electrons. The number of amides is 3. The summed E-state index contributed by atoms with van der Waals surface area (Å²) in [4.78, 5) is 49.7. The Morgan fingerprint density at radius 3 is 2.41 bits per heavy atom. The summed E-state index contributed by atoms with van der Waals surface area (Å²) in [7, 11) is 1.55. The van der Waals surface area contributed by atoms with Gasteiger partial charge in [-0.2, -0.15) is 0 Å². The lowest BCUT2D eigenvalue weighted by molar-refractivity contribution is -0.150. The Hall–Kier alpha value is -3.16. The summed E-state index contributed by atoms with van der Waals surface area (Å²) in [5, 5.41) is 2.65. The molecule has 1 heterocycles. The number of carbonyl (C=O) groups excluding carboxylic acids is 4. The van der Waals surface area contributed by atoms with Crippen LogP contribution in [0.4, 0.5) is 0 Å². The second-order valence-corrected chi connectivity index (χ2v) is 6.98. The SMILES string of the molecule is COc1ccccc1CNC(=O)COC(=O)CCN1C(=O)[C@@H]2CC=CC[C@H]2C1=O. The summed E-state index contributed by atoms with van der Waals surface area (Å²) < 4.78 is 10.2. The number of benzene rings is 1. The van der Waals surface area contributed by atoms with Crippen molar-refractivity contribution in [3.63, 3.8) is 0 Å². The minimum absolute atomic E-state index is 0.0215. The number of fused-ring (bicyclic) bond motifs is 1. The van der Waals surface area contributed by atoms with Crippen LogP contribution in [0.5, 0.6) is 5.75 Å². The average Bonchev–Trinajstić information content (AvgIpc) is 2.99. The van der Waals surface area contributed by atoms with Crippen molar-refractivity contribution >= 4 is 23.7 Å². The fourth-order valence-electron chi connectivity index (χ4n) is 3.60. The standard InChI is InChI=1S/C21H24N2O6/c1-28-17-9-5-2-6-14(17)12-22-18(24)13-29-19(25)10-11-23-20(26)15-7-3-4-8-16(15)21(23)27/h2-6,9,15-16H,7-8,10-13H2,1H3,(H,22,24)/t15-,16-/m1/s1. The number of hydrogen-bond donors (Lipinski definition) is 1. The first-order valence-electron chi connectivity index (χ1n) is 9.55. The van der Waals surface area contributed by atoms with E-state index in [0.717, 1.165) is 10.5 Å². The first-order valence-corrected chi connectivity index (χ1v) is 9.55. The van der Waals surface area contributed by atoms with Crippen LogP contribution >= 0.6 is 0 Å². The van der Waals surface area contributed by atoms with E-state index in [9.17, 15) is 19.2 Å². The van der Waals surface area contributed by atoms with E-state index < -0.39 is 18.5 Å². The molecule has 0 spiro atoms. The number of imide groups is 1. The molecular formula is C21H24N2O6. The molecule has 1 saturated heterocycles. The molecule has 29 heavy (non-hydrogen) atoms. The van der Waals surface area contributed by atoms with Crippen molar-refractivity contribution in [1.29, 1.82) is 0 Å². The molecule has 1 fully saturated rings. The third-order valence-corrected chi connectivity index (χ3v) is 5.17. The Labute approximate surface area is 168 Å². The van der Waals surface area contributed by atoms with Crippen LogP contribution < -0.4 is 10.1 Å². The van der Waals surface area contributed by atoms with Crippen LogP contribution in [0.2, 0.25) is 0 Å². The van der Waals surface area contributed by atoms with Crippen LogP contribution in [0.3, 0.4) is 0 Å². The number of nitrogens with one attached hydrogen (secondary N) is 1. The van der Waals surface area contributed by atoms with E-state index in [-0.39, 0.29) is 43.2 Å². The molecule has 0 unspecified atom stereocenters. The van der Waals surface area contributed by atoms with Crippen LogP contribution in [-0.2, 0) is 30.5 Å². The van der Waals surface area contributed by atoms with Crippen LogP contribution in [0.15, 0.2) is 36.4 Å². The fraction of sp³-hybridized carbons (Fsp3) is 0.429. The van der Waals surface area contributed by atoms with Crippen molar-refractivity contribution in [3.8, 4) is 5.75 Å². The van der Waals surface area contributed by atoms with Gasteiger partial charge in [-0.05, 0) is 18.9 Å². The Bertz CT molecular complexity index is 808. The number of para-hydroxylation sites is 1. The predicted octanol–water partition coefficient (Wildman–Crippen LogP) is 1.20. The number of rotatable bonds is 8. The first kappa shape index (κ1) is 20.6. The van der Waals surface area contributed by atoms with Gasteiger partial charge >= 0.3 is 5.97 Å². The number of methoxy groups -OCH3 is 1. The minimum atomic E-state index is -0.633. The highest BCUT2D eigenvalue weighted by Gasteiger charge is 2.46. The van der Waals surface area contributed by atoms with E-state index in [1.165, 1.54) is 0 Å². The van der Waals surface area contributed by atoms with Gasteiger partial charge in [-0.1, -0.05) is 30.4 Å². The summed E-state index contributed by atoms with van der Waals surface area (Å²) in [6, 6.07) is 7.27. The summed E-state index contributed by atoms with van der Waals surface area (Å²) >= 11 is 0. The maximum atomic E-state index is 12.3. The number of likely N-dealkylation sites (tertiary alicyclic amines) is 1. The lowest BCUT2D eigenvalue weighted by Gasteiger charge is -2.14. The third-order valence-electron chi connectivity index (χ3n) is 5.17. The van der Waals surface area contributed by atoms with Crippen LogP contribution in [0.1, 0.15) is 24.8 Å². The van der Waals surface area contributed by atoms with Crippen molar-refractivity contribution in [2.75, 3.05) is 20.3 Å². The largest absolute Gasteiger partial charge is 0.496 e. The molecular weight excluding hydrogens is 376 g/mol. The first-order chi connectivity index (χ1) is 14.0. The lowest BCUT2D eigenvalue weighted by Crippen LogP contribution is -2.34. The van der Waals surface area contributed by atoms with Crippen LogP contribution in [0.25, 0.3) is 0 Å². The summed E-state index contributed by atoms with van der Waals surface area (Å²) in [5.41, 5.74) is 0.802. The number of carbonyl (C=O) groups is 4. The third kappa shape index (κ3) is 4.82. The maximum absolute atomic E-state index is 12.3. The van der Waals surface area contributed by atoms with Crippen molar-refractivity contribution in [3.05, 3.63) is 42.0 Å². The smallest absolute Gasteiger partial charge is 0.308 e. The van der Waals surface area contributed by atoms with E-state index in [0.29, 0.717) is 18.6 Å². The Morgan fingerprint density at radius 2 is 1.76 bits per heavy atom. The fourth-order valence-corrected chi connectivity index (χ4v) is 3.60. The van der Waals surface area contributed by atoms with Gasteiger partial charge in [0.05, 0.1) is 25.4 Å². The quantitative estimate of drug-likeness (QED) is 0.400. The molecule has 154 valence electrons. The Kier molecular flexibility index (Phi) is 6.64. The highest BCUT2D eigenvalue weighted by molar-refractivity contribution is 6.05. The van der Waals surface area contributed by atoms with Gasteiger partial charge in [0.1, 0.15) is 5.75 Å². The Balaban J connectivity index is 1.39. The van der Waals surface area contributed by atoms with Gasteiger partial charge in [0.15, 0.2) is 6.61 Å². The van der Waals surface area contributed by atoms with Gasteiger partial charge in [-0.3, -0.25) is 24.1 Å². The van der Waals surface area contributed by atoms with Crippen LogP contribution in [-0.4, -0.2) is 48.9 Å². The summed E-state index contributed by atoms with van der Waals surface area (Å²) in [5.74, 6) is -1.52. The topological polar surface area (TPSA) is 102 Å². The molecule has 8 nitrogen and oxygen atoms in total. The molecule has 3 amide bonds. The Morgan fingerprint density at radius 1 is 1.10 bits per heavy atom. The van der Waals surface area contributed by atoms with E-state index in [1.54, 1.807) is 13.2 Å². The summed E-state index contributed by atoms with van der Waals surface area (Å²) in [6.07, 6.45) is 4.80. The average molecular weight is 400 g/mol. The minimum Gasteiger partial charge on any atom is -0.496 e. The van der Waals surface area contributed by atoms with E-state index in [4.69, 9.17) is 9.47 Å². The monoisotopic (exact) mass is 400 g/mol. The molecule has 8 heteroatoms. The van der Waals surface area contributed by atoms with Gasteiger partial charge in [0, 0.05) is 18.7 Å². The molecule has 2 aliphatic rings. The molecule has 1 aliphatic heterocycles. The lowest BCUT2D eigenvalue weighted by atomic mass is 9.85. The second-order valence-electron chi connectivity index (χ2n) is 6.98. The number of nitrogens with zero attached hydrogens (tertiary/aromatic N) is 1. The van der Waals surface area contributed by atoms with Gasteiger partial charge in [-0.25, -0.2) is 0 Å². The molecule has 1 aliphatic carbocycles. The van der Waals surface area contributed by atoms with Crippen LogP contribution in [0, 0.1) is 11.8 Å². The zero-order valence-corrected chi connectivity index (χ0v) is 16.3. The zero-order valence-electron chi connectivity index (χ0n) is 16.3. The van der Waals surface area contributed by atoms with Crippen molar-refractivity contribution < 1.29 is 28.7 Å².